The summed E-state index contributed by atoms with van der Waals surface area (Å²) >= 11 is 0. The van der Waals surface area contributed by atoms with E-state index in [1.807, 2.05) is 79.7 Å². The second-order valence-corrected chi connectivity index (χ2v) is 7.91. The van der Waals surface area contributed by atoms with Gasteiger partial charge in [-0.3, -0.25) is 4.79 Å². The van der Waals surface area contributed by atoms with Gasteiger partial charge in [0.15, 0.2) is 5.82 Å². The highest BCUT2D eigenvalue weighted by atomic mass is 16.5. The van der Waals surface area contributed by atoms with Gasteiger partial charge in [-0.2, -0.15) is 5.10 Å². The summed E-state index contributed by atoms with van der Waals surface area (Å²) in [6.07, 6.45) is 3.05. The zero-order chi connectivity index (χ0) is 21.7. The van der Waals surface area contributed by atoms with Crippen molar-refractivity contribution < 1.29 is 9.53 Å². The highest BCUT2D eigenvalue weighted by Crippen LogP contribution is 2.36. The molecule has 0 unspecified atom stereocenters. The summed E-state index contributed by atoms with van der Waals surface area (Å²) in [4.78, 5) is 15.3. The standard InChI is InChI=1S/C24H27N5O2/c1-29(2)21-16-22(28-25-17-21)26-19-8-10-20(11-9-19)27-23(30)24(12-14-31-15-13-24)18-6-4-3-5-7-18/h3-11,16-17H,12-15H2,1-2H3,(H,26,28)(H,27,30). The highest BCUT2D eigenvalue weighted by Gasteiger charge is 2.41. The molecular formula is C24H27N5O2. The van der Waals surface area contributed by atoms with Crippen LogP contribution >= 0.6 is 0 Å². The maximum absolute atomic E-state index is 13.4. The van der Waals surface area contributed by atoms with E-state index >= 15 is 0 Å². The molecule has 160 valence electrons. The van der Waals surface area contributed by atoms with Crippen molar-refractivity contribution in [3.63, 3.8) is 0 Å². The van der Waals surface area contributed by atoms with Gasteiger partial charge in [0.25, 0.3) is 0 Å². The lowest BCUT2D eigenvalue weighted by molar-refractivity contribution is -0.125. The molecule has 1 aromatic heterocycles. The Balaban J connectivity index is 1.48. The fourth-order valence-corrected chi connectivity index (χ4v) is 3.82. The van der Waals surface area contributed by atoms with Gasteiger partial charge in [-0.25, -0.2) is 0 Å². The Bertz CT molecular complexity index is 1020. The summed E-state index contributed by atoms with van der Waals surface area (Å²) in [7, 11) is 3.91. The second-order valence-electron chi connectivity index (χ2n) is 7.91. The van der Waals surface area contributed by atoms with Crippen molar-refractivity contribution in [2.75, 3.05) is 42.8 Å². The van der Waals surface area contributed by atoms with Crippen LogP contribution in [-0.2, 0) is 14.9 Å². The zero-order valence-corrected chi connectivity index (χ0v) is 17.8. The number of aromatic nitrogens is 2. The molecule has 0 atom stereocenters. The van der Waals surface area contributed by atoms with E-state index in [1.165, 1.54) is 0 Å². The van der Waals surface area contributed by atoms with E-state index in [1.54, 1.807) is 6.20 Å². The van der Waals surface area contributed by atoms with Crippen LogP contribution in [0.3, 0.4) is 0 Å². The number of carbonyl (C=O) groups is 1. The minimum atomic E-state index is -0.571. The van der Waals surface area contributed by atoms with E-state index in [0.29, 0.717) is 31.9 Å². The number of nitrogens with zero attached hydrogens (tertiary/aromatic N) is 3. The second kappa shape index (κ2) is 9.14. The number of ether oxygens (including phenoxy) is 1. The van der Waals surface area contributed by atoms with Crippen molar-refractivity contribution >= 4 is 28.8 Å². The molecule has 7 heteroatoms. The summed E-state index contributed by atoms with van der Waals surface area (Å²) in [6, 6.07) is 19.5. The zero-order valence-electron chi connectivity index (χ0n) is 17.8. The van der Waals surface area contributed by atoms with Crippen LogP contribution in [0.15, 0.2) is 66.9 Å². The fourth-order valence-electron chi connectivity index (χ4n) is 3.82. The van der Waals surface area contributed by atoms with Crippen LogP contribution in [0.25, 0.3) is 0 Å². The highest BCUT2D eigenvalue weighted by molar-refractivity contribution is 5.99. The van der Waals surface area contributed by atoms with Crippen molar-refractivity contribution in [3.8, 4) is 0 Å². The molecule has 1 aliphatic rings. The molecule has 31 heavy (non-hydrogen) atoms. The van der Waals surface area contributed by atoms with E-state index in [2.05, 4.69) is 20.8 Å². The average molecular weight is 418 g/mol. The molecule has 7 nitrogen and oxygen atoms in total. The van der Waals surface area contributed by atoms with Crippen LogP contribution in [0, 0.1) is 0 Å². The number of amides is 1. The molecule has 0 bridgehead atoms. The third-order valence-electron chi connectivity index (χ3n) is 5.68. The summed E-state index contributed by atoms with van der Waals surface area (Å²) in [5, 5.41) is 14.5. The Hall–Kier alpha value is -3.45. The smallest absolute Gasteiger partial charge is 0.235 e. The molecular weight excluding hydrogens is 390 g/mol. The fraction of sp³-hybridized carbons (Fsp3) is 0.292. The van der Waals surface area contributed by atoms with Crippen molar-refractivity contribution in [3.05, 3.63) is 72.4 Å². The number of hydrogen-bond acceptors (Lipinski definition) is 6. The molecule has 2 N–H and O–H groups in total. The van der Waals surface area contributed by atoms with E-state index in [-0.39, 0.29) is 5.91 Å². The topological polar surface area (TPSA) is 79.4 Å². The van der Waals surface area contributed by atoms with Crippen LogP contribution in [-0.4, -0.2) is 43.4 Å². The van der Waals surface area contributed by atoms with Crippen LogP contribution in [0.2, 0.25) is 0 Å². The van der Waals surface area contributed by atoms with Gasteiger partial charge in [-0.05, 0) is 42.7 Å². The van der Waals surface area contributed by atoms with E-state index in [4.69, 9.17) is 4.74 Å². The minimum absolute atomic E-state index is 0.00672. The first-order valence-electron chi connectivity index (χ1n) is 10.4. The molecule has 1 amide bonds. The number of hydrogen-bond donors (Lipinski definition) is 2. The molecule has 0 aliphatic carbocycles. The number of benzene rings is 2. The lowest BCUT2D eigenvalue weighted by atomic mass is 9.73. The molecule has 1 aliphatic heterocycles. The van der Waals surface area contributed by atoms with Gasteiger partial charge in [-0.15, -0.1) is 5.10 Å². The Morgan fingerprint density at radius 3 is 2.35 bits per heavy atom. The molecule has 0 spiro atoms. The van der Waals surface area contributed by atoms with Crippen LogP contribution < -0.4 is 15.5 Å². The number of rotatable bonds is 6. The van der Waals surface area contributed by atoms with Crippen LogP contribution in [0.4, 0.5) is 22.9 Å². The SMILES string of the molecule is CN(C)c1cnnc(Nc2ccc(NC(=O)C3(c4ccccc4)CCOCC3)cc2)c1. The van der Waals surface area contributed by atoms with Crippen LogP contribution in [0.5, 0.6) is 0 Å². The van der Waals surface area contributed by atoms with Crippen molar-refractivity contribution in [2.45, 2.75) is 18.3 Å². The molecule has 1 saturated heterocycles. The van der Waals surface area contributed by atoms with Gasteiger partial charge < -0.3 is 20.3 Å². The first-order valence-corrected chi connectivity index (χ1v) is 10.4. The number of carbonyl (C=O) groups excluding carboxylic acids is 1. The first-order chi connectivity index (χ1) is 15.1. The Morgan fingerprint density at radius 1 is 1.00 bits per heavy atom. The lowest BCUT2D eigenvalue weighted by Crippen LogP contribution is -2.44. The quantitative estimate of drug-likeness (QED) is 0.632. The third kappa shape index (κ3) is 4.67. The van der Waals surface area contributed by atoms with Crippen molar-refractivity contribution in [1.29, 1.82) is 0 Å². The van der Waals surface area contributed by atoms with Gasteiger partial charge in [-0.1, -0.05) is 30.3 Å². The third-order valence-corrected chi connectivity index (χ3v) is 5.68. The van der Waals surface area contributed by atoms with Gasteiger partial charge in [0, 0.05) is 44.8 Å². The average Bonchev–Trinajstić information content (AvgIpc) is 2.81. The number of anilines is 4. The summed E-state index contributed by atoms with van der Waals surface area (Å²) in [6.45, 7) is 1.16. The van der Waals surface area contributed by atoms with Gasteiger partial charge in [0.1, 0.15) is 0 Å². The van der Waals surface area contributed by atoms with Gasteiger partial charge >= 0.3 is 0 Å². The molecule has 2 heterocycles. The lowest BCUT2D eigenvalue weighted by Gasteiger charge is -2.36. The Morgan fingerprint density at radius 2 is 1.68 bits per heavy atom. The minimum Gasteiger partial charge on any atom is -0.381 e. The molecule has 1 fully saturated rings. The summed E-state index contributed by atoms with van der Waals surface area (Å²) < 4.78 is 5.54. The van der Waals surface area contributed by atoms with Crippen LogP contribution in [0.1, 0.15) is 18.4 Å². The maximum Gasteiger partial charge on any atom is 0.235 e. The van der Waals surface area contributed by atoms with Gasteiger partial charge in [0.2, 0.25) is 5.91 Å². The van der Waals surface area contributed by atoms with E-state index in [9.17, 15) is 4.79 Å². The monoisotopic (exact) mass is 417 g/mol. The molecule has 2 aromatic carbocycles. The van der Waals surface area contributed by atoms with Crippen molar-refractivity contribution in [1.82, 2.24) is 10.2 Å². The molecule has 3 aromatic rings. The first kappa shape index (κ1) is 20.8. The summed E-state index contributed by atoms with van der Waals surface area (Å²) in [5.74, 6) is 0.667. The Labute approximate surface area is 182 Å². The van der Waals surface area contributed by atoms with Gasteiger partial charge in [0.05, 0.1) is 17.3 Å². The largest absolute Gasteiger partial charge is 0.381 e. The predicted molar refractivity (Wildman–Crippen MR) is 123 cm³/mol. The molecule has 0 saturated carbocycles. The maximum atomic E-state index is 13.4. The number of nitrogens with one attached hydrogen (secondary N) is 2. The predicted octanol–water partition coefficient (Wildman–Crippen LogP) is 3.97. The molecule has 0 radical (unpaired) electrons. The van der Waals surface area contributed by atoms with Crippen molar-refractivity contribution in [2.24, 2.45) is 0 Å². The normalized spacial score (nSPS) is 15.2. The van der Waals surface area contributed by atoms with E-state index < -0.39 is 5.41 Å². The summed E-state index contributed by atoms with van der Waals surface area (Å²) in [5.41, 5.74) is 3.05. The Kier molecular flexibility index (Phi) is 6.13. The molecule has 4 rings (SSSR count). The van der Waals surface area contributed by atoms with E-state index in [0.717, 1.165) is 22.6 Å².